The molecule has 0 saturated heterocycles. The minimum Gasteiger partial charge on any atom is -0.508 e. The molecule has 9 nitrogen and oxygen atoms in total. The van der Waals surface area contributed by atoms with E-state index in [4.69, 9.17) is 9.47 Å². The Morgan fingerprint density at radius 1 is 1.11 bits per heavy atom. The number of phenols is 1. The van der Waals surface area contributed by atoms with Gasteiger partial charge in [-0.15, -0.1) is 0 Å². The summed E-state index contributed by atoms with van der Waals surface area (Å²) in [5.41, 5.74) is 6.21. The van der Waals surface area contributed by atoms with Crippen molar-refractivity contribution in [2.45, 2.75) is 64.0 Å². The van der Waals surface area contributed by atoms with Crippen molar-refractivity contribution < 1.29 is 19.4 Å². The second kappa shape index (κ2) is 11.7. The number of benzene rings is 3. The van der Waals surface area contributed by atoms with Crippen LogP contribution < -0.4 is 14.8 Å². The molecule has 2 aromatic heterocycles. The van der Waals surface area contributed by atoms with E-state index < -0.39 is 6.04 Å². The number of ether oxygens (including phenoxy) is 2. The number of H-pyrrole nitrogens is 1. The molecular weight excluding hydrogens is 554 g/mol. The molecule has 0 unspecified atom stereocenters. The number of rotatable bonds is 7. The molecule has 1 aliphatic heterocycles. The summed E-state index contributed by atoms with van der Waals surface area (Å²) in [5, 5.41) is 21.4. The third-order valence-electron chi connectivity index (χ3n) is 9.00. The van der Waals surface area contributed by atoms with Crippen LogP contribution in [0.1, 0.15) is 77.2 Å². The summed E-state index contributed by atoms with van der Waals surface area (Å²) in [4.78, 5) is 18.4. The summed E-state index contributed by atoms with van der Waals surface area (Å²) in [6, 6.07) is 18.7. The third kappa shape index (κ3) is 5.27. The maximum atomic E-state index is 13.9. The van der Waals surface area contributed by atoms with Gasteiger partial charge in [-0.25, -0.2) is 4.98 Å². The number of aryl methyl sites for hydroxylation is 1. The highest BCUT2D eigenvalue weighted by Gasteiger charge is 2.30. The lowest BCUT2D eigenvalue weighted by atomic mass is 9.81. The van der Waals surface area contributed by atoms with Gasteiger partial charge in [-0.05, 0) is 73.2 Å². The fourth-order valence-corrected chi connectivity index (χ4v) is 6.87. The van der Waals surface area contributed by atoms with Gasteiger partial charge in [-0.2, -0.15) is 5.10 Å². The fraction of sp³-hybridized carbons (Fsp3) is 0.343. The summed E-state index contributed by atoms with van der Waals surface area (Å²) in [6.45, 7) is 3.04. The molecule has 3 heterocycles. The average Bonchev–Trinajstić information content (AvgIpc) is 3.57. The van der Waals surface area contributed by atoms with Gasteiger partial charge in [0.15, 0.2) is 5.82 Å². The van der Waals surface area contributed by atoms with E-state index in [1.807, 2.05) is 43.3 Å². The second-order valence-corrected chi connectivity index (χ2v) is 11.9. The molecule has 1 fully saturated rings. The van der Waals surface area contributed by atoms with Crippen molar-refractivity contribution in [1.29, 1.82) is 0 Å². The van der Waals surface area contributed by atoms with Crippen molar-refractivity contribution in [1.82, 2.24) is 25.1 Å². The van der Waals surface area contributed by atoms with Crippen LogP contribution in [0, 0.1) is 6.92 Å². The summed E-state index contributed by atoms with van der Waals surface area (Å²) >= 11 is 0. The second-order valence-electron chi connectivity index (χ2n) is 11.9. The van der Waals surface area contributed by atoms with Crippen LogP contribution in [0.4, 0.5) is 0 Å². The van der Waals surface area contributed by atoms with Crippen molar-refractivity contribution in [2.75, 3.05) is 13.7 Å². The van der Waals surface area contributed by atoms with Crippen molar-refractivity contribution in [3.8, 4) is 28.5 Å². The molecule has 7 rings (SSSR count). The highest BCUT2D eigenvalue weighted by atomic mass is 16.5. The van der Waals surface area contributed by atoms with E-state index >= 15 is 0 Å². The average molecular weight is 592 g/mol. The van der Waals surface area contributed by atoms with Crippen molar-refractivity contribution in [2.24, 2.45) is 0 Å². The molecule has 1 amide bonds. The lowest BCUT2D eigenvalue weighted by Gasteiger charge is -2.23. The SMILES string of the molecule is COc1ccc2c(c1)OCCn1c-2c(C2CCCCC2)c2ccc(C(=O)N[C@@H](Cc3ccc(O)cc3)c3n[nH]c(C)n3)cc21. The maximum absolute atomic E-state index is 13.9. The molecule has 226 valence electrons. The zero-order chi connectivity index (χ0) is 30.2. The Balaban J connectivity index is 1.29. The Hall–Kier alpha value is -4.79. The van der Waals surface area contributed by atoms with Crippen molar-refractivity contribution in [3.05, 3.63) is 89.0 Å². The van der Waals surface area contributed by atoms with Gasteiger partial charge in [0.2, 0.25) is 0 Å². The van der Waals surface area contributed by atoms with Crippen LogP contribution in [0.2, 0.25) is 0 Å². The van der Waals surface area contributed by atoms with Crippen LogP contribution >= 0.6 is 0 Å². The number of carbonyl (C=O) groups is 1. The Labute approximate surface area is 256 Å². The quantitative estimate of drug-likeness (QED) is 0.196. The van der Waals surface area contributed by atoms with Crippen LogP contribution in [0.3, 0.4) is 0 Å². The van der Waals surface area contributed by atoms with E-state index in [2.05, 4.69) is 37.2 Å². The molecule has 1 saturated carbocycles. The molecule has 3 aromatic carbocycles. The molecule has 9 heteroatoms. The monoisotopic (exact) mass is 591 g/mol. The first-order chi connectivity index (χ1) is 21.5. The van der Waals surface area contributed by atoms with Crippen LogP contribution in [0.15, 0.2) is 60.7 Å². The number of phenolic OH excluding ortho intramolecular Hbond substituents is 1. The van der Waals surface area contributed by atoms with E-state index in [1.54, 1.807) is 19.2 Å². The minimum absolute atomic E-state index is 0.192. The Bertz CT molecular complexity index is 1820. The molecule has 44 heavy (non-hydrogen) atoms. The zero-order valence-electron chi connectivity index (χ0n) is 25.1. The molecule has 2 aliphatic rings. The molecule has 5 aromatic rings. The summed E-state index contributed by atoms with van der Waals surface area (Å²) < 4.78 is 14.1. The van der Waals surface area contributed by atoms with Gasteiger partial charge in [0.25, 0.3) is 5.91 Å². The number of aromatic nitrogens is 4. The Kier molecular flexibility index (Phi) is 7.46. The number of nitrogens with one attached hydrogen (secondary N) is 2. The van der Waals surface area contributed by atoms with E-state index in [0.717, 1.165) is 41.0 Å². The van der Waals surface area contributed by atoms with Gasteiger partial charge < -0.3 is 24.5 Å². The number of hydrogen-bond donors (Lipinski definition) is 3. The summed E-state index contributed by atoms with van der Waals surface area (Å²) in [7, 11) is 1.67. The number of aromatic amines is 1. The number of fused-ring (bicyclic) bond motifs is 5. The molecule has 3 N–H and O–H groups in total. The van der Waals surface area contributed by atoms with Crippen molar-refractivity contribution >= 4 is 16.8 Å². The number of aromatic hydroxyl groups is 1. The lowest BCUT2D eigenvalue weighted by Crippen LogP contribution is -2.30. The van der Waals surface area contributed by atoms with Gasteiger partial charge in [-0.1, -0.05) is 37.5 Å². The van der Waals surface area contributed by atoms with Crippen LogP contribution in [-0.2, 0) is 13.0 Å². The highest BCUT2D eigenvalue weighted by molar-refractivity contribution is 6.01. The first-order valence-corrected chi connectivity index (χ1v) is 15.4. The predicted molar refractivity (Wildman–Crippen MR) is 168 cm³/mol. The van der Waals surface area contributed by atoms with E-state index in [-0.39, 0.29) is 11.7 Å². The van der Waals surface area contributed by atoms with Crippen molar-refractivity contribution in [3.63, 3.8) is 0 Å². The van der Waals surface area contributed by atoms with Crippen LogP contribution in [0.5, 0.6) is 17.2 Å². The summed E-state index contributed by atoms with van der Waals surface area (Å²) in [5.74, 6) is 3.27. The van der Waals surface area contributed by atoms with E-state index in [1.165, 1.54) is 35.9 Å². The Morgan fingerprint density at radius 2 is 1.93 bits per heavy atom. The summed E-state index contributed by atoms with van der Waals surface area (Å²) in [6.07, 6.45) is 6.54. The largest absolute Gasteiger partial charge is 0.508 e. The first-order valence-electron chi connectivity index (χ1n) is 15.4. The lowest BCUT2D eigenvalue weighted by molar-refractivity contribution is 0.0935. The molecule has 1 aliphatic carbocycles. The number of carbonyl (C=O) groups excluding carboxylic acids is 1. The van der Waals surface area contributed by atoms with Crippen LogP contribution in [0.25, 0.3) is 22.2 Å². The minimum atomic E-state index is -0.454. The van der Waals surface area contributed by atoms with Gasteiger partial charge >= 0.3 is 0 Å². The standard InChI is InChI=1S/C35H37N5O4/c1-21-36-34(39-38-21)29(18-22-8-11-25(41)12-9-22)37-35(42)24-10-14-27-30(19-24)40-16-17-44-31-20-26(43-2)13-15-28(31)33(40)32(27)23-6-4-3-5-7-23/h8-15,19-20,23,29,41H,3-7,16-18H2,1-2H3,(H,37,42)(H,36,38,39)/t29-/m0/s1. The topological polar surface area (TPSA) is 114 Å². The van der Waals surface area contributed by atoms with Gasteiger partial charge in [0, 0.05) is 34.5 Å². The van der Waals surface area contributed by atoms with Gasteiger partial charge in [0.1, 0.15) is 29.7 Å². The number of amides is 1. The van der Waals surface area contributed by atoms with Gasteiger partial charge in [-0.3, -0.25) is 9.89 Å². The molecular formula is C35H37N5O4. The molecule has 0 radical (unpaired) electrons. The molecule has 1 atom stereocenters. The normalized spacial score (nSPS) is 15.6. The zero-order valence-corrected chi connectivity index (χ0v) is 25.1. The van der Waals surface area contributed by atoms with Crippen LogP contribution in [-0.4, -0.2) is 44.5 Å². The highest BCUT2D eigenvalue weighted by Crippen LogP contribution is 2.47. The number of nitrogens with zero attached hydrogens (tertiary/aromatic N) is 3. The van der Waals surface area contributed by atoms with Gasteiger partial charge in [0.05, 0.1) is 25.4 Å². The predicted octanol–water partition coefficient (Wildman–Crippen LogP) is 6.60. The molecule has 0 bridgehead atoms. The number of methoxy groups -OCH3 is 1. The number of hydrogen-bond acceptors (Lipinski definition) is 6. The Morgan fingerprint density at radius 3 is 2.68 bits per heavy atom. The van der Waals surface area contributed by atoms with E-state index in [0.29, 0.717) is 42.7 Å². The third-order valence-corrected chi connectivity index (χ3v) is 9.00. The van der Waals surface area contributed by atoms with E-state index in [9.17, 15) is 9.90 Å². The first kappa shape index (κ1) is 28.0. The molecule has 0 spiro atoms. The maximum Gasteiger partial charge on any atom is 0.251 e. The fourth-order valence-electron chi connectivity index (χ4n) is 6.87. The smallest absolute Gasteiger partial charge is 0.251 e.